The number of likely N-dealkylation sites (N-methyl/N-ethyl adjacent to an activating group) is 2. The van der Waals surface area contributed by atoms with Crippen LogP contribution < -0.4 is 10.2 Å². The van der Waals surface area contributed by atoms with Gasteiger partial charge >= 0.3 is 6.18 Å². The summed E-state index contributed by atoms with van der Waals surface area (Å²) in [5.41, 5.74) is 0.220. The van der Waals surface area contributed by atoms with E-state index in [1.54, 1.807) is 0 Å². The van der Waals surface area contributed by atoms with Gasteiger partial charge in [-0.15, -0.1) is 0 Å². The average molecular weight is 260 g/mol. The molecule has 18 heavy (non-hydrogen) atoms. The van der Waals surface area contributed by atoms with E-state index in [1.165, 1.54) is 12.1 Å². The third-order valence-corrected chi connectivity index (χ3v) is 2.75. The van der Waals surface area contributed by atoms with E-state index in [0.717, 1.165) is 44.0 Å². The average Bonchev–Trinajstić information content (AvgIpc) is 2.34. The topological polar surface area (TPSA) is 15.3 Å². The van der Waals surface area contributed by atoms with Crippen molar-refractivity contribution in [2.45, 2.75) is 20.0 Å². The van der Waals surface area contributed by atoms with Crippen LogP contribution in [-0.4, -0.2) is 26.2 Å². The molecule has 0 aromatic heterocycles. The fourth-order valence-corrected chi connectivity index (χ4v) is 1.72. The van der Waals surface area contributed by atoms with Crippen molar-refractivity contribution >= 4 is 5.69 Å². The van der Waals surface area contributed by atoms with E-state index < -0.39 is 11.7 Å². The van der Waals surface area contributed by atoms with Crippen LogP contribution in [0.25, 0.3) is 0 Å². The first-order valence-electron chi connectivity index (χ1n) is 6.12. The van der Waals surface area contributed by atoms with E-state index in [1.807, 2.05) is 18.7 Å². The van der Waals surface area contributed by atoms with Crippen LogP contribution in [0.2, 0.25) is 0 Å². The van der Waals surface area contributed by atoms with Crippen LogP contribution >= 0.6 is 0 Å². The minimum Gasteiger partial charge on any atom is -0.371 e. The minimum absolute atomic E-state index is 0.603. The van der Waals surface area contributed by atoms with Crippen LogP contribution in [0.15, 0.2) is 24.3 Å². The Morgan fingerprint density at radius 1 is 1.11 bits per heavy atom. The molecule has 0 heterocycles. The summed E-state index contributed by atoms with van der Waals surface area (Å²) in [7, 11) is 0. The van der Waals surface area contributed by atoms with Crippen LogP contribution in [0.3, 0.4) is 0 Å². The molecule has 1 N–H and O–H groups in total. The Hall–Kier alpha value is -1.23. The van der Waals surface area contributed by atoms with E-state index in [0.29, 0.717) is 0 Å². The smallest absolute Gasteiger partial charge is 0.371 e. The van der Waals surface area contributed by atoms with E-state index in [-0.39, 0.29) is 0 Å². The molecule has 0 aliphatic heterocycles. The standard InChI is InChI=1S/C13H19F3N2/c1-3-17-9-10-18(4-2)12-7-5-11(6-8-12)13(14,15)16/h5-8,17H,3-4,9-10H2,1-2H3. The molecule has 0 unspecified atom stereocenters. The van der Waals surface area contributed by atoms with Gasteiger partial charge in [0, 0.05) is 25.3 Å². The molecule has 0 radical (unpaired) electrons. The van der Waals surface area contributed by atoms with Gasteiger partial charge in [-0.1, -0.05) is 6.92 Å². The fraction of sp³-hybridized carbons (Fsp3) is 0.538. The van der Waals surface area contributed by atoms with Gasteiger partial charge in [-0.25, -0.2) is 0 Å². The van der Waals surface area contributed by atoms with Gasteiger partial charge in [0.05, 0.1) is 5.56 Å². The van der Waals surface area contributed by atoms with Gasteiger partial charge in [0.25, 0.3) is 0 Å². The van der Waals surface area contributed by atoms with Gasteiger partial charge < -0.3 is 10.2 Å². The van der Waals surface area contributed by atoms with E-state index in [2.05, 4.69) is 5.32 Å². The molecular weight excluding hydrogens is 241 g/mol. The Bertz CT molecular complexity index is 346. The van der Waals surface area contributed by atoms with Gasteiger partial charge in [-0.05, 0) is 37.7 Å². The molecule has 1 aromatic rings. The highest BCUT2D eigenvalue weighted by Crippen LogP contribution is 2.30. The Balaban J connectivity index is 2.69. The summed E-state index contributed by atoms with van der Waals surface area (Å²) in [6, 6.07) is 5.31. The van der Waals surface area contributed by atoms with Crippen molar-refractivity contribution in [2.24, 2.45) is 0 Å². The predicted molar refractivity (Wildman–Crippen MR) is 67.9 cm³/mol. The summed E-state index contributed by atoms with van der Waals surface area (Å²) >= 11 is 0. The van der Waals surface area contributed by atoms with E-state index in [4.69, 9.17) is 0 Å². The number of alkyl halides is 3. The number of hydrogen-bond donors (Lipinski definition) is 1. The van der Waals surface area contributed by atoms with Gasteiger partial charge in [0.2, 0.25) is 0 Å². The Labute approximate surface area is 106 Å². The second kappa shape index (κ2) is 6.64. The van der Waals surface area contributed by atoms with Gasteiger partial charge in [0.1, 0.15) is 0 Å². The molecule has 0 atom stereocenters. The molecule has 2 nitrogen and oxygen atoms in total. The SMILES string of the molecule is CCNCCN(CC)c1ccc(C(F)(F)F)cc1. The van der Waals surface area contributed by atoms with Crippen molar-refractivity contribution in [3.05, 3.63) is 29.8 Å². The molecule has 102 valence electrons. The van der Waals surface area contributed by atoms with E-state index >= 15 is 0 Å². The normalized spacial score (nSPS) is 11.6. The Morgan fingerprint density at radius 2 is 1.72 bits per heavy atom. The molecule has 0 saturated heterocycles. The van der Waals surface area contributed by atoms with Crippen molar-refractivity contribution in [3.8, 4) is 0 Å². The molecule has 1 aromatic carbocycles. The summed E-state index contributed by atoms with van der Waals surface area (Å²) in [5, 5.41) is 3.20. The molecule has 0 aliphatic rings. The van der Waals surface area contributed by atoms with Crippen LogP contribution in [0.4, 0.5) is 18.9 Å². The lowest BCUT2D eigenvalue weighted by molar-refractivity contribution is -0.137. The summed E-state index contributed by atoms with van der Waals surface area (Å²) in [5.74, 6) is 0. The largest absolute Gasteiger partial charge is 0.416 e. The first-order valence-corrected chi connectivity index (χ1v) is 6.12. The third-order valence-electron chi connectivity index (χ3n) is 2.75. The highest BCUT2D eigenvalue weighted by molar-refractivity contribution is 5.47. The van der Waals surface area contributed by atoms with Crippen LogP contribution in [0.1, 0.15) is 19.4 Å². The number of nitrogens with one attached hydrogen (secondary N) is 1. The molecule has 1 rings (SSSR count). The second-order valence-corrected chi connectivity index (χ2v) is 3.98. The van der Waals surface area contributed by atoms with Crippen molar-refractivity contribution in [2.75, 3.05) is 31.1 Å². The van der Waals surface area contributed by atoms with E-state index in [9.17, 15) is 13.2 Å². The van der Waals surface area contributed by atoms with Crippen molar-refractivity contribution in [1.82, 2.24) is 5.32 Å². The maximum atomic E-state index is 12.4. The monoisotopic (exact) mass is 260 g/mol. The maximum Gasteiger partial charge on any atom is 0.416 e. The zero-order valence-corrected chi connectivity index (χ0v) is 10.7. The van der Waals surface area contributed by atoms with Gasteiger partial charge in [-0.3, -0.25) is 0 Å². The number of anilines is 1. The lowest BCUT2D eigenvalue weighted by Gasteiger charge is -2.23. The third kappa shape index (κ3) is 4.22. The number of benzene rings is 1. The molecule has 0 bridgehead atoms. The van der Waals surface area contributed by atoms with Crippen LogP contribution in [0, 0.1) is 0 Å². The lowest BCUT2D eigenvalue weighted by Crippen LogP contribution is -2.31. The van der Waals surface area contributed by atoms with Crippen molar-refractivity contribution in [1.29, 1.82) is 0 Å². The zero-order chi connectivity index (χ0) is 13.6. The first kappa shape index (κ1) is 14.8. The number of halogens is 3. The first-order chi connectivity index (χ1) is 8.49. The summed E-state index contributed by atoms with van der Waals surface area (Å²) in [6.45, 7) is 7.29. The maximum absolute atomic E-state index is 12.4. The minimum atomic E-state index is -4.26. The fourth-order valence-electron chi connectivity index (χ4n) is 1.72. The Morgan fingerprint density at radius 3 is 2.17 bits per heavy atom. The summed E-state index contributed by atoms with van der Waals surface area (Å²) in [6.07, 6.45) is -4.26. The van der Waals surface area contributed by atoms with Crippen molar-refractivity contribution in [3.63, 3.8) is 0 Å². The number of nitrogens with zero attached hydrogens (tertiary/aromatic N) is 1. The van der Waals surface area contributed by atoms with Crippen molar-refractivity contribution < 1.29 is 13.2 Å². The molecule has 0 spiro atoms. The lowest BCUT2D eigenvalue weighted by atomic mass is 10.2. The van der Waals surface area contributed by atoms with Gasteiger partial charge in [-0.2, -0.15) is 13.2 Å². The second-order valence-electron chi connectivity index (χ2n) is 3.98. The molecule has 5 heteroatoms. The predicted octanol–water partition coefficient (Wildman–Crippen LogP) is 3.14. The quantitative estimate of drug-likeness (QED) is 0.790. The van der Waals surface area contributed by atoms with Crippen LogP contribution in [0.5, 0.6) is 0 Å². The molecule has 0 fully saturated rings. The summed E-state index contributed by atoms with van der Waals surface area (Å²) in [4.78, 5) is 2.04. The molecule has 0 saturated carbocycles. The zero-order valence-electron chi connectivity index (χ0n) is 10.7. The molecule has 0 aliphatic carbocycles. The summed E-state index contributed by atoms with van der Waals surface area (Å²) < 4.78 is 37.3. The highest BCUT2D eigenvalue weighted by Gasteiger charge is 2.30. The molecular formula is C13H19F3N2. The Kier molecular flexibility index (Phi) is 5.47. The number of hydrogen-bond acceptors (Lipinski definition) is 2. The highest BCUT2D eigenvalue weighted by atomic mass is 19.4. The van der Waals surface area contributed by atoms with Crippen LogP contribution in [-0.2, 0) is 6.18 Å². The molecule has 0 amide bonds. The van der Waals surface area contributed by atoms with Gasteiger partial charge in [0.15, 0.2) is 0 Å². The number of rotatable bonds is 6.